The van der Waals surface area contributed by atoms with E-state index < -0.39 is 80.6 Å². The van der Waals surface area contributed by atoms with Gasteiger partial charge in [0.15, 0.2) is 6.10 Å². The second kappa shape index (κ2) is 10.6. The Morgan fingerprint density at radius 2 is 1.93 bits per heavy atom. The summed E-state index contributed by atoms with van der Waals surface area (Å²) in [5.74, 6) is -3.82. The predicted molar refractivity (Wildman–Crippen MR) is 144 cm³/mol. The molecule has 2 saturated carbocycles. The molecule has 1 aromatic rings. The van der Waals surface area contributed by atoms with E-state index in [1.165, 1.54) is 17.0 Å². The molecule has 230 valence electrons. The summed E-state index contributed by atoms with van der Waals surface area (Å²) in [7, 11) is -3.89. The maximum absolute atomic E-state index is 14.2. The Hall–Kier alpha value is -4.01. The molecule has 1 aromatic carbocycles. The number of hydrogen-bond acceptors (Lipinski definition) is 9. The van der Waals surface area contributed by atoms with Crippen molar-refractivity contribution in [2.75, 3.05) is 6.54 Å². The van der Waals surface area contributed by atoms with Crippen LogP contribution in [0.1, 0.15) is 49.7 Å². The summed E-state index contributed by atoms with van der Waals surface area (Å²) >= 11 is 0. The van der Waals surface area contributed by atoms with Crippen molar-refractivity contribution in [2.24, 2.45) is 5.92 Å². The van der Waals surface area contributed by atoms with Crippen LogP contribution >= 0.6 is 0 Å². The quantitative estimate of drug-likeness (QED) is 0.313. The summed E-state index contributed by atoms with van der Waals surface area (Å²) in [6.07, 6.45) is -0.345. The maximum Gasteiger partial charge on any atom is 0.410 e. The van der Waals surface area contributed by atoms with Crippen LogP contribution in [0.4, 0.5) is 9.18 Å². The fourth-order valence-electron chi connectivity index (χ4n) is 6.01. The number of halogens is 1. The van der Waals surface area contributed by atoms with Crippen LogP contribution in [-0.4, -0.2) is 83.6 Å². The Morgan fingerprint density at radius 3 is 2.56 bits per heavy atom. The van der Waals surface area contributed by atoms with Gasteiger partial charge in [-0.25, -0.2) is 17.6 Å². The van der Waals surface area contributed by atoms with Crippen LogP contribution in [0.15, 0.2) is 30.9 Å². The summed E-state index contributed by atoms with van der Waals surface area (Å²) in [5, 5.41) is 1.99. The van der Waals surface area contributed by atoms with Crippen LogP contribution < -0.4 is 10.0 Å². The highest BCUT2D eigenvalue weighted by Crippen LogP contribution is 2.45. The zero-order valence-corrected chi connectivity index (χ0v) is 23.9. The number of carbonyl (C=O) groups is 5. The topological polar surface area (TPSA) is 168 Å². The van der Waals surface area contributed by atoms with E-state index in [2.05, 4.69) is 16.6 Å². The van der Waals surface area contributed by atoms with Gasteiger partial charge in [0.05, 0.1) is 18.3 Å². The normalized spacial score (nSPS) is 29.5. The van der Waals surface area contributed by atoms with Crippen molar-refractivity contribution in [3.63, 3.8) is 0 Å². The van der Waals surface area contributed by atoms with E-state index in [9.17, 15) is 36.8 Å². The van der Waals surface area contributed by atoms with Gasteiger partial charge in [0.25, 0.3) is 11.8 Å². The third-order valence-corrected chi connectivity index (χ3v) is 10.5. The fourth-order valence-corrected chi connectivity index (χ4v) is 7.37. The van der Waals surface area contributed by atoms with Crippen LogP contribution in [0, 0.1) is 11.7 Å². The number of sulfonamides is 1. The molecule has 0 bridgehead atoms. The van der Waals surface area contributed by atoms with Crippen molar-refractivity contribution in [3.05, 3.63) is 47.8 Å². The monoisotopic (exact) mass is 618 g/mol. The van der Waals surface area contributed by atoms with Gasteiger partial charge < -0.3 is 19.7 Å². The Morgan fingerprint density at radius 1 is 1.16 bits per heavy atom. The molecule has 6 rings (SSSR count). The first-order valence-electron chi connectivity index (χ1n) is 14.1. The summed E-state index contributed by atoms with van der Waals surface area (Å²) in [5.41, 5.74) is -0.541. The van der Waals surface area contributed by atoms with Gasteiger partial charge in [0.1, 0.15) is 23.5 Å². The molecule has 5 atom stereocenters. The van der Waals surface area contributed by atoms with Crippen molar-refractivity contribution in [1.82, 2.24) is 19.8 Å². The zero-order valence-electron chi connectivity index (χ0n) is 23.1. The number of amides is 4. The van der Waals surface area contributed by atoms with Gasteiger partial charge in [-0.1, -0.05) is 18.2 Å². The molecule has 5 aliphatic rings. The molecule has 2 N–H and O–H groups in total. The van der Waals surface area contributed by atoms with Crippen molar-refractivity contribution < 1.29 is 46.3 Å². The number of benzene rings is 1. The van der Waals surface area contributed by atoms with Gasteiger partial charge in [-0.2, -0.15) is 0 Å². The van der Waals surface area contributed by atoms with Crippen LogP contribution in [0.2, 0.25) is 0 Å². The Balaban J connectivity index is 1.17. The molecule has 3 aliphatic heterocycles. The summed E-state index contributed by atoms with van der Waals surface area (Å²) in [6, 6.07) is 3.35. The largest absolute Gasteiger partial charge is 0.452 e. The highest BCUT2D eigenvalue weighted by molar-refractivity contribution is 7.91. The van der Waals surface area contributed by atoms with E-state index in [4.69, 9.17) is 9.47 Å². The molecule has 3 heterocycles. The minimum atomic E-state index is -3.89. The lowest BCUT2D eigenvalue weighted by Gasteiger charge is -2.27. The number of nitrogens with zero attached hydrogens (tertiary/aromatic N) is 2. The second-order valence-electron chi connectivity index (χ2n) is 11.7. The molecular formula is C28H31FN4O9S. The molecule has 4 amide bonds. The average Bonchev–Trinajstić information content (AvgIpc) is 3.78. The zero-order chi connectivity index (χ0) is 30.7. The van der Waals surface area contributed by atoms with Crippen molar-refractivity contribution in [3.8, 4) is 0 Å². The third-order valence-electron chi connectivity index (χ3n) is 8.71. The van der Waals surface area contributed by atoms with Crippen molar-refractivity contribution >= 4 is 39.8 Å². The van der Waals surface area contributed by atoms with Crippen LogP contribution in [0.3, 0.4) is 0 Å². The predicted octanol–water partition coefficient (Wildman–Crippen LogP) is 0.622. The van der Waals surface area contributed by atoms with Gasteiger partial charge in [0, 0.05) is 37.3 Å². The average molecular weight is 619 g/mol. The number of likely N-dealkylation sites (tertiary alicyclic amines) is 1. The second-order valence-corrected chi connectivity index (χ2v) is 13.6. The number of hydrogen-bond donors (Lipinski definition) is 2. The van der Waals surface area contributed by atoms with E-state index in [1.807, 2.05) is 0 Å². The van der Waals surface area contributed by atoms with Gasteiger partial charge in [0.2, 0.25) is 15.9 Å². The van der Waals surface area contributed by atoms with Gasteiger partial charge >= 0.3 is 12.1 Å². The summed E-state index contributed by atoms with van der Waals surface area (Å²) in [6.45, 7) is 3.62. The minimum Gasteiger partial charge on any atom is -0.452 e. The SMILES string of the molecule is C=CC1CC1(NC(=O)C1CC(OC(=O)N2Cc3cccc(F)c3C2)CN1C(=O)C1CCC(=O)O1)C(=O)NS(=O)(=O)C1CC1. The first-order chi connectivity index (χ1) is 20.4. The highest BCUT2D eigenvalue weighted by Gasteiger charge is 2.62. The molecule has 4 fully saturated rings. The van der Waals surface area contributed by atoms with E-state index in [1.54, 1.807) is 12.1 Å². The molecule has 15 heteroatoms. The van der Waals surface area contributed by atoms with Crippen molar-refractivity contribution in [1.29, 1.82) is 0 Å². The van der Waals surface area contributed by atoms with E-state index in [0.29, 0.717) is 24.0 Å². The lowest BCUT2D eigenvalue weighted by molar-refractivity contribution is -0.154. The number of carbonyl (C=O) groups excluding carboxylic acids is 5. The summed E-state index contributed by atoms with van der Waals surface area (Å²) in [4.78, 5) is 67.4. The molecule has 5 unspecified atom stereocenters. The number of fused-ring (bicyclic) bond motifs is 1. The molecule has 43 heavy (non-hydrogen) atoms. The van der Waals surface area contributed by atoms with Gasteiger partial charge in [-0.05, 0) is 30.9 Å². The Labute approximate surface area is 246 Å². The van der Waals surface area contributed by atoms with Gasteiger partial charge in [-0.3, -0.25) is 28.8 Å². The molecular weight excluding hydrogens is 587 g/mol. The third kappa shape index (κ3) is 5.45. The standard InChI is InChI=1S/C28H31FN4O9S/c1-2-16-11-28(16,26(37)31-43(39,40)18-6-7-18)30-24(35)21-10-17(13-33(21)25(36)22-8-9-23(34)42-22)41-27(38)32-12-15-4-3-5-20(29)19(15)14-32/h2-5,16-18,21-22H,1,6-14H2,(H,30,35)(H,31,37). The van der Waals surface area contributed by atoms with Crippen LogP contribution in [0.5, 0.6) is 0 Å². The first kappa shape index (κ1) is 29.1. The number of rotatable bonds is 8. The highest BCUT2D eigenvalue weighted by atomic mass is 32.2. The first-order valence-corrected chi connectivity index (χ1v) is 15.7. The van der Waals surface area contributed by atoms with E-state index >= 15 is 0 Å². The van der Waals surface area contributed by atoms with Crippen LogP contribution in [0.25, 0.3) is 0 Å². The number of esters is 1. The molecule has 0 aromatic heterocycles. The van der Waals surface area contributed by atoms with Gasteiger partial charge in [-0.15, -0.1) is 6.58 Å². The van der Waals surface area contributed by atoms with Crippen LogP contribution in [-0.2, 0) is 51.8 Å². The van der Waals surface area contributed by atoms with Crippen molar-refractivity contribution in [2.45, 2.75) is 80.7 Å². The maximum atomic E-state index is 14.2. The van der Waals surface area contributed by atoms with E-state index in [0.717, 1.165) is 4.90 Å². The summed E-state index contributed by atoms with van der Waals surface area (Å²) < 4.78 is 51.9. The smallest absolute Gasteiger partial charge is 0.410 e. The molecule has 0 radical (unpaired) electrons. The lowest BCUT2D eigenvalue weighted by atomic mass is 10.1. The Bertz CT molecular complexity index is 1530. The lowest BCUT2D eigenvalue weighted by Crippen LogP contribution is -2.57. The molecule has 2 aliphatic carbocycles. The molecule has 0 spiro atoms. The Kier molecular flexibility index (Phi) is 7.18. The molecule has 2 saturated heterocycles. The molecule has 13 nitrogen and oxygen atoms in total. The minimum absolute atomic E-state index is 0.00246. The number of ether oxygens (including phenoxy) is 2. The number of cyclic esters (lactones) is 1. The van der Waals surface area contributed by atoms with E-state index in [-0.39, 0.29) is 45.3 Å². The number of nitrogens with one attached hydrogen (secondary N) is 2. The fraction of sp³-hybridized carbons (Fsp3) is 0.536.